The summed E-state index contributed by atoms with van der Waals surface area (Å²) >= 11 is 0. The van der Waals surface area contributed by atoms with E-state index < -0.39 is 6.03 Å². The Kier molecular flexibility index (Phi) is 3.17. The van der Waals surface area contributed by atoms with Gasteiger partial charge in [-0.1, -0.05) is 0 Å². The fourth-order valence-electron chi connectivity index (χ4n) is 0.930. The van der Waals surface area contributed by atoms with Crippen molar-refractivity contribution in [2.45, 2.75) is 13.8 Å². The molecule has 0 radical (unpaired) electrons. The Bertz CT molecular complexity index is 373. The van der Waals surface area contributed by atoms with Crippen LogP contribution in [0.1, 0.15) is 18.2 Å². The fourth-order valence-corrected chi connectivity index (χ4v) is 0.930. The van der Waals surface area contributed by atoms with E-state index in [-0.39, 0.29) is 0 Å². The van der Waals surface area contributed by atoms with Crippen molar-refractivity contribution in [3.8, 4) is 0 Å². The minimum absolute atomic E-state index is 0.618. The van der Waals surface area contributed by atoms with Crippen LogP contribution in [-0.4, -0.2) is 16.7 Å². The molecule has 1 rings (SSSR count). The molecule has 3 N–H and O–H groups in total. The number of aryl methyl sites for hydroxylation is 1. The average Bonchev–Trinajstić information content (AvgIpc) is 2.14. The molecule has 0 saturated carbocycles. The number of rotatable bonds is 2. The number of primary amides is 1. The van der Waals surface area contributed by atoms with E-state index in [1.165, 1.54) is 0 Å². The smallest absolute Gasteiger partial charge is 0.332 e. The Labute approximate surface area is 82.0 Å². The number of amides is 2. The van der Waals surface area contributed by atoms with E-state index in [4.69, 9.17) is 5.73 Å². The van der Waals surface area contributed by atoms with E-state index in [0.717, 1.165) is 11.3 Å². The predicted molar refractivity (Wildman–Crippen MR) is 53.9 cm³/mol. The molecule has 0 aliphatic rings. The molecule has 0 atom stereocenters. The molecule has 5 nitrogen and oxygen atoms in total. The van der Waals surface area contributed by atoms with Gasteiger partial charge in [-0.25, -0.2) is 10.2 Å². The van der Waals surface area contributed by atoms with Gasteiger partial charge in [-0.2, -0.15) is 5.10 Å². The molecule has 0 bridgehead atoms. The Morgan fingerprint density at radius 1 is 1.64 bits per heavy atom. The second-order valence-electron chi connectivity index (χ2n) is 2.89. The molecular weight excluding hydrogens is 180 g/mol. The van der Waals surface area contributed by atoms with Gasteiger partial charge in [0.25, 0.3) is 0 Å². The lowest BCUT2D eigenvalue weighted by molar-refractivity contribution is 0.249. The number of nitrogens with one attached hydrogen (secondary N) is 1. The monoisotopic (exact) mass is 192 g/mol. The summed E-state index contributed by atoms with van der Waals surface area (Å²) in [5.41, 5.74) is 9.45. The minimum atomic E-state index is -0.683. The summed E-state index contributed by atoms with van der Waals surface area (Å²) in [7, 11) is 0. The third kappa shape index (κ3) is 2.85. The maximum Gasteiger partial charge on any atom is 0.332 e. The van der Waals surface area contributed by atoms with E-state index in [2.05, 4.69) is 15.5 Å². The topological polar surface area (TPSA) is 80.4 Å². The zero-order chi connectivity index (χ0) is 10.6. The van der Waals surface area contributed by atoms with Crippen molar-refractivity contribution in [1.29, 1.82) is 0 Å². The van der Waals surface area contributed by atoms with Crippen molar-refractivity contribution < 1.29 is 4.79 Å². The molecule has 1 heterocycles. The molecule has 14 heavy (non-hydrogen) atoms. The van der Waals surface area contributed by atoms with Gasteiger partial charge in [-0.15, -0.1) is 0 Å². The number of hydrogen-bond donors (Lipinski definition) is 2. The number of nitrogens with zero attached hydrogens (tertiary/aromatic N) is 2. The first-order chi connectivity index (χ1) is 6.59. The number of hydrazone groups is 1. The molecule has 0 spiro atoms. The third-order valence-electron chi connectivity index (χ3n) is 1.62. The second kappa shape index (κ2) is 4.36. The number of carbonyl (C=O) groups excluding carboxylic acids is 1. The van der Waals surface area contributed by atoms with Crippen LogP contribution in [0, 0.1) is 6.92 Å². The van der Waals surface area contributed by atoms with Crippen LogP contribution in [0.15, 0.2) is 23.4 Å². The quantitative estimate of drug-likeness (QED) is 0.536. The minimum Gasteiger partial charge on any atom is -0.350 e. The van der Waals surface area contributed by atoms with Crippen molar-refractivity contribution in [3.63, 3.8) is 0 Å². The van der Waals surface area contributed by atoms with Gasteiger partial charge in [-0.05, 0) is 31.5 Å². The number of hydrogen-bond acceptors (Lipinski definition) is 3. The molecule has 0 aliphatic heterocycles. The first kappa shape index (κ1) is 10.2. The highest BCUT2D eigenvalue weighted by Crippen LogP contribution is 2.00. The summed E-state index contributed by atoms with van der Waals surface area (Å²) in [4.78, 5) is 14.5. The molecule has 1 aromatic rings. The largest absolute Gasteiger partial charge is 0.350 e. The zero-order valence-electron chi connectivity index (χ0n) is 8.11. The summed E-state index contributed by atoms with van der Waals surface area (Å²) in [6.45, 7) is 3.71. The predicted octanol–water partition coefficient (Wildman–Crippen LogP) is 0.782. The highest BCUT2D eigenvalue weighted by Gasteiger charge is 1.99. The van der Waals surface area contributed by atoms with Gasteiger partial charge in [0.2, 0.25) is 0 Å². The summed E-state index contributed by atoms with van der Waals surface area (Å²) in [5.74, 6) is 0. The maximum atomic E-state index is 10.4. The Morgan fingerprint density at radius 3 is 2.93 bits per heavy atom. The van der Waals surface area contributed by atoms with E-state index in [0.29, 0.717) is 5.71 Å². The highest BCUT2D eigenvalue weighted by atomic mass is 16.2. The van der Waals surface area contributed by atoms with Crippen LogP contribution in [0.5, 0.6) is 0 Å². The second-order valence-corrected chi connectivity index (χ2v) is 2.89. The standard InChI is InChI=1S/C9H12N4O/c1-6-3-4-11-8(5-6)7(2)12-13-9(10)14/h3-5H,1-2H3,(H3,10,13,14)/b12-7+. The van der Waals surface area contributed by atoms with Gasteiger partial charge in [0, 0.05) is 6.20 Å². The van der Waals surface area contributed by atoms with Gasteiger partial charge >= 0.3 is 6.03 Å². The lowest BCUT2D eigenvalue weighted by Gasteiger charge is -2.00. The number of aromatic nitrogens is 1. The molecular formula is C9H12N4O. The lowest BCUT2D eigenvalue weighted by Crippen LogP contribution is -2.25. The van der Waals surface area contributed by atoms with Crippen molar-refractivity contribution in [1.82, 2.24) is 10.4 Å². The first-order valence-corrected chi connectivity index (χ1v) is 4.12. The van der Waals surface area contributed by atoms with Gasteiger partial charge < -0.3 is 5.73 Å². The van der Waals surface area contributed by atoms with Crippen molar-refractivity contribution in [2.75, 3.05) is 0 Å². The van der Waals surface area contributed by atoms with Gasteiger partial charge in [0.1, 0.15) is 0 Å². The molecule has 0 unspecified atom stereocenters. The van der Waals surface area contributed by atoms with Gasteiger partial charge in [-0.3, -0.25) is 4.98 Å². The molecule has 0 aliphatic carbocycles. The van der Waals surface area contributed by atoms with Crippen LogP contribution >= 0.6 is 0 Å². The van der Waals surface area contributed by atoms with E-state index in [9.17, 15) is 4.79 Å². The van der Waals surface area contributed by atoms with Crippen LogP contribution in [0.2, 0.25) is 0 Å². The molecule has 1 aromatic heterocycles. The van der Waals surface area contributed by atoms with E-state index in [1.807, 2.05) is 19.1 Å². The Hall–Kier alpha value is -1.91. The van der Waals surface area contributed by atoms with E-state index in [1.54, 1.807) is 13.1 Å². The maximum absolute atomic E-state index is 10.4. The third-order valence-corrected chi connectivity index (χ3v) is 1.62. The highest BCUT2D eigenvalue weighted by molar-refractivity contribution is 5.97. The SMILES string of the molecule is C/C(=N\NC(N)=O)c1cc(C)ccn1. The molecule has 74 valence electrons. The Balaban J connectivity index is 2.83. The normalized spacial score (nSPS) is 11.1. The van der Waals surface area contributed by atoms with Crippen LogP contribution in [0.3, 0.4) is 0 Å². The summed E-state index contributed by atoms with van der Waals surface area (Å²) in [5, 5.41) is 3.76. The number of pyridine rings is 1. The van der Waals surface area contributed by atoms with Gasteiger partial charge in [0.05, 0.1) is 11.4 Å². The number of carbonyl (C=O) groups is 1. The number of nitrogens with two attached hydrogens (primary N) is 1. The summed E-state index contributed by atoms with van der Waals surface area (Å²) in [6, 6.07) is 3.08. The van der Waals surface area contributed by atoms with Crippen LogP contribution in [-0.2, 0) is 0 Å². The average molecular weight is 192 g/mol. The van der Waals surface area contributed by atoms with Gasteiger partial charge in [0.15, 0.2) is 0 Å². The van der Waals surface area contributed by atoms with Crippen LogP contribution in [0.25, 0.3) is 0 Å². The summed E-state index contributed by atoms with van der Waals surface area (Å²) < 4.78 is 0. The summed E-state index contributed by atoms with van der Waals surface area (Å²) in [6.07, 6.45) is 1.69. The number of urea groups is 1. The molecule has 0 fully saturated rings. The van der Waals surface area contributed by atoms with E-state index >= 15 is 0 Å². The fraction of sp³-hybridized carbons (Fsp3) is 0.222. The molecule has 0 aromatic carbocycles. The van der Waals surface area contributed by atoms with Crippen molar-refractivity contribution >= 4 is 11.7 Å². The molecule has 0 saturated heterocycles. The van der Waals surface area contributed by atoms with Crippen molar-refractivity contribution in [2.24, 2.45) is 10.8 Å². The van der Waals surface area contributed by atoms with Crippen LogP contribution in [0.4, 0.5) is 4.79 Å². The molecule has 2 amide bonds. The first-order valence-electron chi connectivity index (χ1n) is 4.12. The lowest BCUT2D eigenvalue weighted by atomic mass is 10.2. The van der Waals surface area contributed by atoms with Crippen LogP contribution < -0.4 is 11.2 Å². The Morgan fingerprint density at radius 2 is 2.36 bits per heavy atom. The zero-order valence-corrected chi connectivity index (χ0v) is 8.11. The van der Waals surface area contributed by atoms with Crippen molar-refractivity contribution in [3.05, 3.63) is 29.6 Å². The molecule has 5 heteroatoms.